The van der Waals surface area contributed by atoms with E-state index in [0.717, 1.165) is 22.3 Å². The molecule has 3 aromatic rings. The second-order valence-corrected chi connectivity index (χ2v) is 7.52. The van der Waals surface area contributed by atoms with Gasteiger partial charge in [0.25, 0.3) is 0 Å². The molecule has 164 valence electrons. The number of hydrogen-bond acceptors (Lipinski definition) is 4. The van der Waals surface area contributed by atoms with Gasteiger partial charge in [-0.15, -0.1) is 0 Å². The third-order valence-corrected chi connectivity index (χ3v) is 5.60. The molecular weight excluding hydrogens is 413 g/mol. The van der Waals surface area contributed by atoms with Crippen molar-refractivity contribution in [2.75, 3.05) is 13.7 Å². The van der Waals surface area contributed by atoms with E-state index in [4.69, 9.17) is 9.47 Å². The number of nitrogens with one attached hydrogen (secondary N) is 1. The van der Waals surface area contributed by atoms with Crippen LogP contribution >= 0.6 is 0 Å². The predicted molar refractivity (Wildman–Crippen MR) is 116 cm³/mol. The summed E-state index contributed by atoms with van der Waals surface area (Å²) in [6.07, 6.45) is -1.00. The molecule has 0 aromatic heterocycles. The summed E-state index contributed by atoms with van der Waals surface area (Å²) in [5, 5.41) is 11.9. The number of amides is 1. The minimum absolute atomic E-state index is 0.0650. The van der Waals surface area contributed by atoms with Crippen LogP contribution in [0.5, 0.6) is 5.75 Å². The highest BCUT2D eigenvalue weighted by Crippen LogP contribution is 2.44. The highest BCUT2D eigenvalue weighted by atomic mass is 19.1. The molecule has 32 heavy (non-hydrogen) atoms. The number of rotatable bonds is 7. The molecule has 0 fully saturated rings. The number of carbonyl (C=O) groups is 2. The van der Waals surface area contributed by atoms with Crippen molar-refractivity contribution >= 4 is 12.1 Å². The summed E-state index contributed by atoms with van der Waals surface area (Å²) in [7, 11) is 1.41. The van der Waals surface area contributed by atoms with Crippen LogP contribution in [0.1, 0.15) is 22.6 Å². The third kappa shape index (κ3) is 4.27. The topological polar surface area (TPSA) is 84.9 Å². The predicted octanol–water partition coefficient (Wildman–Crippen LogP) is 4.37. The molecule has 4 rings (SSSR count). The molecule has 1 atom stereocenters. The van der Waals surface area contributed by atoms with E-state index < -0.39 is 23.9 Å². The summed E-state index contributed by atoms with van der Waals surface area (Å²) in [5.41, 5.74) is 4.64. The maximum Gasteiger partial charge on any atom is 0.407 e. The fourth-order valence-electron chi connectivity index (χ4n) is 4.11. The Morgan fingerprint density at radius 1 is 1.03 bits per heavy atom. The van der Waals surface area contributed by atoms with Crippen LogP contribution in [-0.2, 0) is 16.0 Å². The SMILES string of the molecule is COc1ccc(F)cc1CC(NC(=O)OCC1c2ccccc2-c2ccccc21)C(=O)O. The van der Waals surface area contributed by atoms with Gasteiger partial charge in [0.1, 0.15) is 24.2 Å². The minimum Gasteiger partial charge on any atom is -0.496 e. The number of carboxylic acid groups (broad SMARTS) is 1. The van der Waals surface area contributed by atoms with E-state index in [0.29, 0.717) is 11.3 Å². The zero-order chi connectivity index (χ0) is 22.7. The quantitative estimate of drug-likeness (QED) is 0.576. The van der Waals surface area contributed by atoms with E-state index in [1.165, 1.54) is 25.3 Å². The van der Waals surface area contributed by atoms with E-state index >= 15 is 0 Å². The number of ether oxygens (including phenoxy) is 2. The lowest BCUT2D eigenvalue weighted by Gasteiger charge is -2.18. The first kappa shape index (κ1) is 21.4. The molecular formula is C25H22FNO5. The van der Waals surface area contributed by atoms with E-state index in [1.807, 2.05) is 48.5 Å². The number of alkyl carbamates (subject to hydrolysis) is 1. The molecule has 0 saturated heterocycles. The van der Waals surface area contributed by atoms with Crippen LogP contribution in [0.3, 0.4) is 0 Å². The fraction of sp³-hybridized carbons (Fsp3) is 0.200. The highest BCUT2D eigenvalue weighted by Gasteiger charge is 2.30. The first-order valence-corrected chi connectivity index (χ1v) is 10.1. The van der Waals surface area contributed by atoms with Gasteiger partial charge in [-0.3, -0.25) is 0 Å². The van der Waals surface area contributed by atoms with Crippen LogP contribution < -0.4 is 10.1 Å². The van der Waals surface area contributed by atoms with E-state index in [9.17, 15) is 19.1 Å². The van der Waals surface area contributed by atoms with Gasteiger partial charge in [0.2, 0.25) is 0 Å². The van der Waals surface area contributed by atoms with Gasteiger partial charge in [0.05, 0.1) is 7.11 Å². The van der Waals surface area contributed by atoms with Crippen LogP contribution in [0.25, 0.3) is 11.1 Å². The number of aliphatic carboxylic acids is 1. The number of carbonyl (C=O) groups excluding carboxylic acids is 1. The summed E-state index contributed by atoms with van der Waals surface area (Å²) in [5.74, 6) is -1.58. The lowest BCUT2D eigenvalue weighted by molar-refractivity contribution is -0.139. The third-order valence-electron chi connectivity index (χ3n) is 5.60. The second-order valence-electron chi connectivity index (χ2n) is 7.52. The number of methoxy groups -OCH3 is 1. The van der Waals surface area contributed by atoms with E-state index in [1.54, 1.807) is 0 Å². The van der Waals surface area contributed by atoms with Gasteiger partial charge in [-0.2, -0.15) is 0 Å². The van der Waals surface area contributed by atoms with Crippen molar-refractivity contribution in [3.8, 4) is 16.9 Å². The molecule has 0 radical (unpaired) electrons. The average Bonchev–Trinajstić information content (AvgIpc) is 3.11. The van der Waals surface area contributed by atoms with Gasteiger partial charge in [0, 0.05) is 12.3 Å². The molecule has 0 saturated carbocycles. The first-order valence-electron chi connectivity index (χ1n) is 10.1. The van der Waals surface area contributed by atoms with Crippen LogP contribution in [0.4, 0.5) is 9.18 Å². The molecule has 6 nitrogen and oxygen atoms in total. The normalized spacial score (nSPS) is 13.1. The van der Waals surface area contributed by atoms with Crippen molar-refractivity contribution in [3.63, 3.8) is 0 Å². The van der Waals surface area contributed by atoms with Crippen LogP contribution in [0.2, 0.25) is 0 Å². The Morgan fingerprint density at radius 2 is 1.66 bits per heavy atom. The van der Waals surface area contributed by atoms with Gasteiger partial charge in [0.15, 0.2) is 0 Å². The average molecular weight is 435 g/mol. The second kappa shape index (κ2) is 9.09. The molecule has 2 N–H and O–H groups in total. The van der Waals surface area contributed by atoms with Gasteiger partial charge >= 0.3 is 12.1 Å². The van der Waals surface area contributed by atoms with Gasteiger partial charge in [-0.1, -0.05) is 48.5 Å². The van der Waals surface area contributed by atoms with Crippen LogP contribution in [0, 0.1) is 5.82 Å². The smallest absolute Gasteiger partial charge is 0.407 e. The van der Waals surface area contributed by atoms with Gasteiger partial charge < -0.3 is 19.9 Å². The minimum atomic E-state index is -1.30. The number of halogens is 1. The molecule has 0 heterocycles. The van der Waals surface area contributed by atoms with Crippen molar-refractivity contribution < 1.29 is 28.6 Å². The fourth-order valence-corrected chi connectivity index (χ4v) is 4.11. The Labute approximate surface area is 184 Å². The van der Waals surface area contributed by atoms with Crippen LogP contribution in [-0.4, -0.2) is 36.9 Å². The lowest BCUT2D eigenvalue weighted by atomic mass is 9.98. The number of benzene rings is 3. The Bertz CT molecular complexity index is 1120. The van der Waals surface area contributed by atoms with Crippen molar-refractivity contribution in [1.82, 2.24) is 5.32 Å². The highest BCUT2D eigenvalue weighted by molar-refractivity contribution is 5.81. The molecule has 0 aliphatic heterocycles. The van der Waals surface area contributed by atoms with E-state index in [-0.39, 0.29) is 18.9 Å². The molecule has 1 unspecified atom stereocenters. The Kier molecular flexibility index (Phi) is 6.07. The molecule has 1 amide bonds. The molecule has 0 bridgehead atoms. The summed E-state index contributed by atoms with van der Waals surface area (Å²) in [4.78, 5) is 24.2. The number of carboxylic acids is 1. The standard InChI is InChI=1S/C25H22FNO5/c1-31-23-11-10-16(26)12-15(23)13-22(24(28)29)27-25(30)32-14-21-19-8-4-2-6-17(19)18-7-3-5-9-20(18)21/h2-12,21-22H,13-14H2,1H3,(H,27,30)(H,28,29). The largest absolute Gasteiger partial charge is 0.496 e. The molecule has 3 aromatic carbocycles. The van der Waals surface area contributed by atoms with Gasteiger partial charge in [-0.05, 0) is 46.0 Å². The van der Waals surface area contributed by atoms with Crippen molar-refractivity contribution in [2.24, 2.45) is 0 Å². The monoisotopic (exact) mass is 435 g/mol. The van der Waals surface area contributed by atoms with Crippen molar-refractivity contribution in [2.45, 2.75) is 18.4 Å². The molecule has 1 aliphatic carbocycles. The maximum atomic E-state index is 13.6. The summed E-state index contributed by atoms with van der Waals surface area (Å²) in [6, 6.07) is 18.4. The summed E-state index contributed by atoms with van der Waals surface area (Å²) < 4.78 is 24.2. The van der Waals surface area contributed by atoms with Crippen molar-refractivity contribution in [3.05, 3.63) is 89.2 Å². The summed E-state index contributed by atoms with van der Waals surface area (Å²) >= 11 is 0. The molecule has 7 heteroatoms. The Balaban J connectivity index is 1.45. The van der Waals surface area contributed by atoms with E-state index in [2.05, 4.69) is 5.32 Å². The zero-order valence-corrected chi connectivity index (χ0v) is 17.4. The van der Waals surface area contributed by atoms with Crippen molar-refractivity contribution in [1.29, 1.82) is 0 Å². The number of hydrogen-bond donors (Lipinski definition) is 2. The Hall–Kier alpha value is -3.87. The molecule has 1 aliphatic rings. The zero-order valence-electron chi connectivity index (χ0n) is 17.4. The lowest BCUT2D eigenvalue weighted by Crippen LogP contribution is -2.43. The Morgan fingerprint density at radius 3 is 2.25 bits per heavy atom. The first-order chi connectivity index (χ1) is 15.5. The van der Waals surface area contributed by atoms with Gasteiger partial charge in [-0.25, -0.2) is 14.0 Å². The summed E-state index contributed by atoms with van der Waals surface area (Å²) in [6.45, 7) is 0.0650. The maximum absolute atomic E-state index is 13.6. The molecule has 0 spiro atoms. The van der Waals surface area contributed by atoms with Crippen LogP contribution in [0.15, 0.2) is 66.7 Å². The number of fused-ring (bicyclic) bond motifs is 3.